The molecule has 0 spiro atoms. The zero-order valence-corrected chi connectivity index (χ0v) is 11.5. The number of benzene rings is 1. The number of aliphatic hydroxyl groups is 1. The molecular formula is C14H10BrN3O. The molecule has 1 aromatic carbocycles. The number of pyridine rings is 1. The molecule has 3 aromatic rings. The van der Waals surface area contributed by atoms with Crippen LogP contribution in [0.1, 0.15) is 5.56 Å². The fraction of sp³-hybridized carbons (Fsp3) is 0. The summed E-state index contributed by atoms with van der Waals surface area (Å²) >= 11 is 3.43. The average molecular weight is 316 g/mol. The Morgan fingerprint density at radius 3 is 2.84 bits per heavy atom. The summed E-state index contributed by atoms with van der Waals surface area (Å²) in [7, 11) is 0. The van der Waals surface area contributed by atoms with Gasteiger partial charge in [-0.25, -0.2) is 4.68 Å². The molecular weight excluding hydrogens is 306 g/mol. The lowest BCUT2D eigenvalue weighted by atomic mass is 10.2. The van der Waals surface area contributed by atoms with E-state index in [9.17, 15) is 5.11 Å². The van der Waals surface area contributed by atoms with Crippen molar-refractivity contribution in [3.8, 4) is 5.69 Å². The van der Waals surface area contributed by atoms with Crippen LogP contribution < -0.4 is 0 Å². The van der Waals surface area contributed by atoms with Crippen LogP contribution in [-0.4, -0.2) is 19.9 Å². The molecule has 0 radical (unpaired) electrons. The second-order valence-electron chi connectivity index (χ2n) is 4.05. The van der Waals surface area contributed by atoms with E-state index < -0.39 is 0 Å². The van der Waals surface area contributed by atoms with E-state index in [1.165, 1.54) is 0 Å². The molecule has 0 atom stereocenters. The standard InChI is InChI=1S/C14H10BrN3O/c1-9(19)11-8-17-18(14(11)15)13-6-2-5-12-10(13)4-3-7-16-12/h2-8,19H,1H2. The second-order valence-corrected chi connectivity index (χ2v) is 4.81. The first-order chi connectivity index (χ1) is 9.18. The van der Waals surface area contributed by atoms with Crippen LogP contribution >= 0.6 is 15.9 Å². The molecule has 0 saturated heterocycles. The van der Waals surface area contributed by atoms with Gasteiger partial charge in [0.2, 0.25) is 0 Å². The molecule has 3 rings (SSSR count). The minimum absolute atomic E-state index is 0.0171. The molecule has 0 bridgehead atoms. The largest absolute Gasteiger partial charge is 0.508 e. The average Bonchev–Trinajstić information content (AvgIpc) is 2.80. The van der Waals surface area contributed by atoms with Crippen LogP contribution in [0.3, 0.4) is 0 Å². The van der Waals surface area contributed by atoms with Crippen molar-refractivity contribution in [3.63, 3.8) is 0 Å². The van der Waals surface area contributed by atoms with Gasteiger partial charge in [0.25, 0.3) is 0 Å². The number of fused-ring (bicyclic) bond motifs is 1. The van der Waals surface area contributed by atoms with Crippen molar-refractivity contribution in [2.75, 3.05) is 0 Å². The Bertz CT molecular complexity index is 774. The summed E-state index contributed by atoms with van der Waals surface area (Å²) in [6, 6.07) is 9.69. The Labute approximate surface area is 118 Å². The summed E-state index contributed by atoms with van der Waals surface area (Å²) in [5.41, 5.74) is 2.36. The number of halogens is 1. The fourth-order valence-corrected chi connectivity index (χ4v) is 2.58. The van der Waals surface area contributed by atoms with Crippen molar-refractivity contribution in [3.05, 3.63) is 59.5 Å². The normalized spacial score (nSPS) is 10.8. The van der Waals surface area contributed by atoms with Crippen molar-refractivity contribution < 1.29 is 5.11 Å². The topological polar surface area (TPSA) is 50.9 Å². The molecule has 0 saturated carbocycles. The van der Waals surface area contributed by atoms with Gasteiger partial charge in [0.05, 0.1) is 23.0 Å². The quantitative estimate of drug-likeness (QED) is 0.733. The van der Waals surface area contributed by atoms with E-state index in [4.69, 9.17) is 0 Å². The lowest BCUT2D eigenvalue weighted by molar-refractivity contribution is 0.513. The SMILES string of the molecule is C=C(O)c1cnn(-c2cccc3ncccc23)c1Br. The van der Waals surface area contributed by atoms with Gasteiger partial charge in [0.1, 0.15) is 10.4 Å². The maximum Gasteiger partial charge on any atom is 0.120 e. The van der Waals surface area contributed by atoms with E-state index in [2.05, 4.69) is 32.6 Å². The van der Waals surface area contributed by atoms with E-state index in [1.807, 2.05) is 30.3 Å². The van der Waals surface area contributed by atoms with E-state index >= 15 is 0 Å². The maximum atomic E-state index is 9.49. The first kappa shape index (κ1) is 11.9. The van der Waals surface area contributed by atoms with Crippen LogP contribution in [0.15, 0.2) is 53.9 Å². The molecule has 0 aliphatic carbocycles. The van der Waals surface area contributed by atoms with Crippen molar-refractivity contribution >= 4 is 32.6 Å². The summed E-state index contributed by atoms with van der Waals surface area (Å²) in [5.74, 6) is -0.0171. The summed E-state index contributed by atoms with van der Waals surface area (Å²) in [5, 5.41) is 14.8. The highest BCUT2D eigenvalue weighted by Gasteiger charge is 2.13. The van der Waals surface area contributed by atoms with Crippen molar-refractivity contribution in [1.82, 2.24) is 14.8 Å². The summed E-state index contributed by atoms with van der Waals surface area (Å²) in [6.45, 7) is 3.52. The highest BCUT2D eigenvalue weighted by Crippen LogP contribution is 2.27. The lowest BCUT2D eigenvalue weighted by Crippen LogP contribution is -1.98. The molecule has 0 aliphatic rings. The van der Waals surface area contributed by atoms with Gasteiger partial charge in [-0.3, -0.25) is 4.98 Å². The first-order valence-electron chi connectivity index (χ1n) is 5.64. The summed E-state index contributed by atoms with van der Waals surface area (Å²) in [4.78, 5) is 4.32. The van der Waals surface area contributed by atoms with Gasteiger partial charge >= 0.3 is 0 Å². The smallest absolute Gasteiger partial charge is 0.120 e. The third-order valence-corrected chi connectivity index (χ3v) is 3.64. The number of aromatic nitrogens is 3. The van der Waals surface area contributed by atoms with Crippen LogP contribution in [0.4, 0.5) is 0 Å². The Morgan fingerprint density at radius 1 is 1.26 bits per heavy atom. The van der Waals surface area contributed by atoms with Crippen LogP contribution in [-0.2, 0) is 0 Å². The van der Waals surface area contributed by atoms with Crippen LogP contribution in [0.2, 0.25) is 0 Å². The number of aliphatic hydroxyl groups excluding tert-OH is 1. The molecule has 2 aromatic heterocycles. The monoisotopic (exact) mass is 315 g/mol. The fourth-order valence-electron chi connectivity index (χ4n) is 1.97. The number of rotatable bonds is 2. The zero-order chi connectivity index (χ0) is 13.4. The molecule has 2 heterocycles. The molecule has 5 heteroatoms. The van der Waals surface area contributed by atoms with Gasteiger partial charge in [0, 0.05) is 11.6 Å². The Kier molecular flexibility index (Phi) is 2.83. The van der Waals surface area contributed by atoms with Gasteiger partial charge in [0.15, 0.2) is 0 Å². The highest BCUT2D eigenvalue weighted by molar-refractivity contribution is 9.10. The van der Waals surface area contributed by atoms with Gasteiger partial charge in [-0.15, -0.1) is 0 Å². The third-order valence-electron chi connectivity index (χ3n) is 2.87. The number of hydrogen-bond acceptors (Lipinski definition) is 3. The first-order valence-corrected chi connectivity index (χ1v) is 6.43. The molecule has 1 N–H and O–H groups in total. The van der Waals surface area contributed by atoms with Crippen LogP contribution in [0.25, 0.3) is 22.3 Å². The predicted molar refractivity (Wildman–Crippen MR) is 78.2 cm³/mol. The number of hydrogen-bond donors (Lipinski definition) is 1. The lowest BCUT2D eigenvalue weighted by Gasteiger charge is -2.07. The van der Waals surface area contributed by atoms with E-state index in [1.54, 1.807) is 17.1 Å². The molecule has 0 aliphatic heterocycles. The summed E-state index contributed by atoms with van der Waals surface area (Å²) < 4.78 is 2.37. The number of nitrogens with zero attached hydrogens (tertiary/aromatic N) is 3. The molecule has 0 amide bonds. The second kappa shape index (κ2) is 4.51. The van der Waals surface area contributed by atoms with Crippen LogP contribution in [0.5, 0.6) is 0 Å². The van der Waals surface area contributed by atoms with E-state index in [0.717, 1.165) is 16.6 Å². The minimum Gasteiger partial charge on any atom is -0.508 e. The van der Waals surface area contributed by atoms with Crippen LogP contribution in [0, 0.1) is 0 Å². The molecule has 0 fully saturated rings. The maximum absolute atomic E-state index is 9.49. The Hall–Kier alpha value is -2.14. The van der Waals surface area contributed by atoms with E-state index in [0.29, 0.717) is 10.2 Å². The molecule has 0 unspecified atom stereocenters. The van der Waals surface area contributed by atoms with Gasteiger partial charge in [-0.05, 0) is 40.2 Å². The Morgan fingerprint density at radius 2 is 2.11 bits per heavy atom. The van der Waals surface area contributed by atoms with Crippen molar-refractivity contribution in [1.29, 1.82) is 0 Å². The zero-order valence-electron chi connectivity index (χ0n) is 9.92. The third kappa shape index (κ3) is 1.92. The van der Waals surface area contributed by atoms with Gasteiger partial charge in [-0.2, -0.15) is 5.10 Å². The molecule has 19 heavy (non-hydrogen) atoms. The van der Waals surface area contributed by atoms with Gasteiger partial charge < -0.3 is 5.11 Å². The van der Waals surface area contributed by atoms with E-state index in [-0.39, 0.29) is 5.76 Å². The molecule has 94 valence electrons. The molecule has 4 nitrogen and oxygen atoms in total. The van der Waals surface area contributed by atoms with Gasteiger partial charge in [-0.1, -0.05) is 12.6 Å². The predicted octanol–water partition coefficient (Wildman–Crippen LogP) is 3.71. The minimum atomic E-state index is -0.0171. The Balaban J connectivity index is 2.28. The highest BCUT2D eigenvalue weighted by atomic mass is 79.9. The summed E-state index contributed by atoms with van der Waals surface area (Å²) in [6.07, 6.45) is 3.33. The van der Waals surface area contributed by atoms with Crippen molar-refractivity contribution in [2.45, 2.75) is 0 Å². The van der Waals surface area contributed by atoms with Crippen molar-refractivity contribution in [2.24, 2.45) is 0 Å².